The highest BCUT2D eigenvalue weighted by Crippen LogP contribution is 2.24. The zero-order chi connectivity index (χ0) is 9.80. The van der Waals surface area contributed by atoms with Crippen LogP contribution < -0.4 is 5.32 Å². The normalized spacial score (nSPS) is 24.6. The largest absolute Gasteiger partial charge is 0.239 e. The molecule has 0 bridgehead atoms. The third-order valence-electron chi connectivity index (χ3n) is 3.14. The molecule has 1 aliphatic heterocycles. The Bertz CT molecular complexity index is 245. The highest BCUT2D eigenvalue weighted by atomic mass is 15.0. The van der Waals surface area contributed by atoms with E-state index in [1.54, 1.807) is 0 Å². The van der Waals surface area contributed by atoms with Crippen LogP contribution in [0.4, 0.5) is 0 Å². The van der Waals surface area contributed by atoms with Gasteiger partial charge in [0.2, 0.25) is 0 Å². The minimum absolute atomic E-state index is 0.643. The van der Waals surface area contributed by atoms with Crippen LogP contribution in [0.25, 0.3) is 0 Å². The SMILES string of the molecule is CC1=C[N]C(C2CCCCCCC2)=N1. The first kappa shape index (κ1) is 9.75. The number of nitrogens with zero attached hydrogens (tertiary/aromatic N) is 2. The van der Waals surface area contributed by atoms with Crippen molar-refractivity contribution < 1.29 is 0 Å². The molecule has 0 aromatic rings. The Hall–Kier alpha value is -0.790. The zero-order valence-electron chi connectivity index (χ0n) is 9.00. The summed E-state index contributed by atoms with van der Waals surface area (Å²) in [4.78, 5) is 4.50. The zero-order valence-corrected chi connectivity index (χ0v) is 9.00. The summed E-state index contributed by atoms with van der Waals surface area (Å²) in [6, 6.07) is 0. The van der Waals surface area contributed by atoms with Crippen molar-refractivity contribution in [2.24, 2.45) is 10.9 Å². The summed E-state index contributed by atoms with van der Waals surface area (Å²) in [6.45, 7) is 2.03. The summed E-state index contributed by atoms with van der Waals surface area (Å²) < 4.78 is 0. The van der Waals surface area contributed by atoms with Gasteiger partial charge in [-0.05, 0) is 19.8 Å². The van der Waals surface area contributed by atoms with Crippen molar-refractivity contribution in [3.05, 3.63) is 11.9 Å². The number of hydrogen-bond donors (Lipinski definition) is 0. The maximum Gasteiger partial charge on any atom is 0.131 e. The number of amidine groups is 1. The van der Waals surface area contributed by atoms with Crippen LogP contribution in [0.15, 0.2) is 16.9 Å². The van der Waals surface area contributed by atoms with Crippen LogP contribution >= 0.6 is 0 Å². The summed E-state index contributed by atoms with van der Waals surface area (Å²) in [5.74, 6) is 1.74. The predicted molar refractivity (Wildman–Crippen MR) is 59.1 cm³/mol. The van der Waals surface area contributed by atoms with Crippen molar-refractivity contribution in [3.63, 3.8) is 0 Å². The fourth-order valence-corrected chi connectivity index (χ4v) is 2.31. The predicted octanol–water partition coefficient (Wildman–Crippen LogP) is 3.22. The van der Waals surface area contributed by atoms with Crippen LogP contribution in [-0.2, 0) is 0 Å². The number of hydrogen-bond acceptors (Lipinski definition) is 1. The highest BCUT2D eigenvalue weighted by molar-refractivity contribution is 5.87. The van der Waals surface area contributed by atoms with Gasteiger partial charge in [-0.3, -0.25) is 0 Å². The molecule has 0 aromatic heterocycles. The van der Waals surface area contributed by atoms with E-state index in [4.69, 9.17) is 0 Å². The van der Waals surface area contributed by atoms with Crippen molar-refractivity contribution in [1.29, 1.82) is 0 Å². The van der Waals surface area contributed by atoms with Gasteiger partial charge in [-0.25, -0.2) is 10.3 Å². The Morgan fingerprint density at radius 2 is 1.71 bits per heavy atom. The van der Waals surface area contributed by atoms with Crippen molar-refractivity contribution >= 4 is 5.84 Å². The van der Waals surface area contributed by atoms with Crippen LogP contribution in [0.1, 0.15) is 51.9 Å². The summed E-state index contributed by atoms with van der Waals surface area (Å²) in [6.07, 6.45) is 11.4. The monoisotopic (exact) mass is 191 g/mol. The quantitative estimate of drug-likeness (QED) is 0.608. The van der Waals surface area contributed by atoms with E-state index in [1.807, 2.05) is 13.1 Å². The molecule has 2 heteroatoms. The van der Waals surface area contributed by atoms with Crippen LogP contribution in [0, 0.1) is 5.92 Å². The second-order valence-electron chi connectivity index (χ2n) is 4.41. The van der Waals surface area contributed by atoms with E-state index in [1.165, 1.54) is 44.9 Å². The molecule has 1 saturated carbocycles. The molecule has 0 atom stereocenters. The van der Waals surface area contributed by atoms with Gasteiger partial charge in [-0.2, -0.15) is 0 Å². The van der Waals surface area contributed by atoms with E-state index in [-0.39, 0.29) is 0 Å². The second-order valence-corrected chi connectivity index (χ2v) is 4.41. The van der Waals surface area contributed by atoms with E-state index in [2.05, 4.69) is 10.3 Å². The van der Waals surface area contributed by atoms with Crippen LogP contribution in [-0.4, -0.2) is 5.84 Å². The molecule has 2 nitrogen and oxygen atoms in total. The molecular formula is C12H19N2. The van der Waals surface area contributed by atoms with Gasteiger partial charge < -0.3 is 0 Å². The maximum absolute atomic E-state index is 4.50. The molecule has 2 rings (SSSR count). The molecule has 0 unspecified atom stereocenters. The number of allylic oxidation sites excluding steroid dienone is 1. The average molecular weight is 191 g/mol. The molecule has 0 N–H and O–H groups in total. The first-order valence-corrected chi connectivity index (χ1v) is 5.82. The molecule has 77 valence electrons. The van der Waals surface area contributed by atoms with E-state index >= 15 is 0 Å². The fourth-order valence-electron chi connectivity index (χ4n) is 2.31. The van der Waals surface area contributed by atoms with E-state index < -0.39 is 0 Å². The van der Waals surface area contributed by atoms with Gasteiger partial charge in [0.1, 0.15) is 5.84 Å². The van der Waals surface area contributed by atoms with Gasteiger partial charge in [0, 0.05) is 5.92 Å². The summed E-state index contributed by atoms with van der Waals surface area (Å²) in [7, 11) is 0. The van der Waals surface area contributed by atoms with Gasteiger partial charge >= 0.3 is 0 Å². The van der Waals surface area contributed by atoms with E-state index in [9.17, 15) is 0 Å². The Balaban J connectivity index is 1.92. The van der Waals surface area contributed by atoms with Crippen molar-refractivity contribution in [2.75, 3.05) is 0 Å². The van der Waals surface area contributed by atoms with Crippen molar-refractivity contribution in [1.82, 2.24) is 5.32 Å². The lowest BCUT2D eigenvalue weighted by atomic mass is 9.90. The first-order chi connectivity index (χ1) is 6.86. The second kappa shape index (κ2) is 4.63. The molecule has 0 spiro atoms. The minimum Gasteiger partial charge on any atom is -0.239 e. The van der Waals surface area contributed by atoms with Crippen molar-refractivity contribution in [3.8, 4) is 0 Å². The first-order valence-electron chi connectivity index (χ1n) is 5.82. The number of rotatable bonds is 1. The maximum atomic E-state index is 4.50. The molecular weight excluding hydrogens is 172 g/mol. The van der Waals surface area contributed by atoms with Crippen molar-refractivity contribution in [2.45, 2.75) is 51.9 Å². The molecule has 0 aromatic carbocycles. The standard InChI is InChI=1S/C12H19N2/c1-10-9-13-12(14-10)11-7-5-3-2-4-6-8-11/h9,11H,2-8H2,1H3. The van der Waals surface area contributed by atoms with Gasteiger partial charge in [-0.15, -0.1) is 0 Å². The van der Waals surface area contributed by atoms with Gasteiger partial charge in [0.15, 0.2) is 0 Å². The van der Waals surface area contributed by atoms with Crippen LogP contribution in [0.5, 0.6) is 0 Å². The molecule has 0 saturated heterocycles. The molecule has 1 heterocycles. The molecule has 1 aliphatic carbocycles. The molecule has 2 aliphatic rings. The lowest BCUT2D eigenvalue weighted by Crippen LogP contribution is -2.20. The topological polar surface area (TPSA) is 26.5 Å². The molecule has 0 amide bonds. The highest BCUT2D eigenvalue weighted by Gasteiger charge is 2.20. The fraction of sp³-hybridized carbons (Fsp3) is 0.750. The Morgan fingerprint density at radius 3 is 2.29 bits per heavy atom. The molecule has 14 heavy (non-hydrogen) atoms. The average Bonchev–Trinajstić information content (AvgIpc) is 2.51. The van der Waals surface area contributed by atoms with Gasteiger partial charge in [0.05, 0.1) is 11.9 Å². The Morgan fingerprint density at radius 1 is 1.07 bits per heavy atom. The minimum atomic E-state index is 0.643. The Kier molecular flexibility index (Phi) is 3.22. The molecule has 1 radical (unpaired) electrons. The molecule has 1 fully saturated rings. The van der Waals surface area contributed by atoms with Gasteiger partial charge in [0.25, 0.3) is 0 Å². The van der Waals surface area contributed by atoms with E-state index in [0.29, 0.717) is 5.92 Å². The van der Waals surface area contributed by atoms with Gasteiger partial charge in [-0.1, -0.05) is 32.1 Å². The summed E-state index contributed by atoms with van der Waals surface area (Å²) in [5.41, 5.74) is 1.07. The third-order valence-corrected chi connectivity index (χ3v) is 3.14. The van der Waals surface area contributed by atoms with E-state index in [0.717, 1.165) is 11.5 Å². The smallest absolute Gasteiger partial charge is 0.131 e. The van der Waals surface area contributed by atoms with Crippen LogP contribution in [0.3, 0.4) is 0 Å². The Labute approximate surface area is 86.5 Å². The lowest BCUT2D eigenvalue weighted by molar-refractivity contribution is 0.448. The summed E-state index contributed by atoms with van der Waals surface area (Å²) in [5, 5.41) is 4.40. The lowest BCUT2D eigenvalue weighted by Gasteiger charge is -2.18. The summed E-state index contributed by atoms with van der Waals surface area (Å²) >= 11 is 0. The van der Waals surface area contributed by atoms with Crippen LogP contribution in [0.2, 0.25) is 0 Å². The third kappa shape index (κ3) is 2.37. The number of aliphatic imine (C=N–C) groups is 1.